The van der Waals surface area contributed by atoms with Crippen LogP contribution in [-0.4, -0.2) is 46.2 Å². The van der Waals surface area contributed by atoms with Crippen LogP contribution in [0.2, 0.25) is 0 Å². The smallest absolute Gasteiger partial charge is 0.318 e. The lowest BCUT2D eigenvalue weighted by atomic mass is 9.76. The highest BCUT2D eigenvalue weighted by Gasteiger charge is 2.32. The minimum Gasteiger partial charge on any atom is -0.379 e. The highest BCUT2D eigenvalue weighted by Crippen LogP contribution is 2.39. The molecule has 0 radical (unpaired) electrons. The summed E-state index contributed by atoms with van der Waals surface area (Å²) in [5.41, 5.74) is 3.64. The van der Waals surface area contributed by atoms with Crippen LogP contribution in [0.1, 0.15) is 49.1 Å². The molecule has 1 N–H and O–H groups in total. The number of nitrogens with zero attached hydrogens (tertiary/aromatic N) is 2. The molecule has 2 aliphatic rings. The van der Waals surface area contributed by atoms with E-state index in [1.54, 1.807) is 12.1 Å². The topological polar surface area (TPSA) is 91.7 Å². The van der Waals surface area contributed by atoms with Gasteiger partial charge in [-0.3, -0.25) is 4.90 Å². The molecule has 1 saturated carbocycles. The first-order valence-corrected chi connectivity index (χ1v) is 11.4. The van der Waals surface area contributed by atoms with E-state index in [1.165, 1.54) is 25.5 Å². The van der Waals surface area contributed by atoms with Crippen molar-refractivity contribution in [2.75, 3.05) is 32.8 Å². The van der Waals surface area contributed by atoms with E-state index in [2.05, 4.69) is 4.90 Å². The molecule has 0 amide bonds. The van der Waals surface area contributed by atoms with E-state index in [-0.39, 0.29) is 10.8 Å². The van der Waals surface area contributed by atoms with Crippen LogP contribution in [-0.2, 0) is 19.1 Å². The summed E-state index contributed by atoms with van der Waals surface area (Å²) in [4.78, 5) is 2.53. The highest BCUT2D eigenvalue weighted by molar-refractivity contribution is 7.86. The minimum absolute atomic E-state index is 0.105. The van der Waals surface area contributed by atoms with Gasteiger partial charge < -0.3 is 4.74 Å². The monoisotopic (exact) mass is 407 g/mol. The molecule has 0 bridgehead atoms. The van der Waals surface area contributed by atoms with Crippen molar-refractivity contribution in [1.82, 2.24) is 10.4 Å². The molecule has 7 nitrogen and oxygen atoms in total. The van der Waals surface area contributed by atoms with Gasteiger partial charge in [0.2, 0.25) is 6.19 Å². The van der Waals surface area contributed by atoms with Crippen LogP contribution >= 0.6 is 0 Å². The predicted molar refractivity (Wildman–Crippen MR) is 105 cm³/mol. The average molecular weight is 408 g/mol. The SMILES string of the molecule is Cc1ccc(S(=O)(=O)ONC#N)c(C(CN2CCOCC2)C2CCCCC2)c1. The molecular formula is C20H29N3O4S. The van der Waals surface area contributed by atoms with Crippen LogP contribution in [0, 0.1) is 24.3 Å². The Hall–Kier alpha value is -1.66. The molecule has 1 aromatic rings. The number of ether oxygens (including phenoxy) is 1. The van der Waals surface area contributed by atoms with Crippen LogP contribution in [0.5, 0.6) is 0 Å². The summed E-state index contributed by atoms with van der Waals surface area (Å²) >= 11 is 0. The Morgan fingerprint density at radius 3 is 2.68 bits per heavy atom. The van der Waals surface area contributed by atoms with E-state index in [0.29, 0.717) is 19.1 Å². The first kappa shape index (κ1) is 21.1. The lowest BCUT2D eigenvalue weighted by Crippen LogP contribution is -2.40. The molecule has 1 aliphatic heterocycles. The summed E-state index contributed by atoms with van der Waals surface area (Å²) in [7, 11) is -4.07. The van der Waals surface area contributed by atoms with Gasteiger partial charge in [-0.25, -0.2) is 0 Å². The molecule has 1 atom stereocenters. The predicted octanol–water partition coefficient (Wildman–Crippen LogP) is 2.68. The third-order valence-corrected chi connectivity index (χ3v) is 7.02. The van der Waals surface area contributed by atoms with Crippen LogP contribution < -0.4 is 5.48 Å². The number of hydroxylamine groups is 1. The third kappa shape index (κ3) is 5.23. The summed E-state index contributed by atoms with van der Waals surface area (Å²) in [6, 6.07) is 5.36. The van der Waals surface area contributed by atoms with Gasteiger partial charge >= 0.3 is 10.1 Å². The second kappa shape index (κ2) is 9.70. The van der Waals surface area contributed by atoms with Crippen molar-refractivity contribution in [3.8, 4) is 6.19 Å². The molecule has 3 rings (SSSR count). The zero-order valence-corrected chi connectivity index (χ0v) is 17.2. The highest BCUT2D eigenvalue weighted by atomic mass is 32.2. The molecule has 1 unspecified atom stereocenters. The Bertz CT molecular complexity index is 794. The van der Waals surface area contributed by atoms with Gasteiger partial charge in [-0.2, -0.15) is 19.2 Å². The molecule has 1 heterocycles. The van der Waals surface area contributed by atoms with E-state index >= 15 is 0 Å². The molecule has 1 saturated heterocycles. The van der Waals surface area contributed by atoms with Crippen molar-refractivity contribution in [1.29, 1.82) is 5.26 Å². The van der Waals surface area contributed by atoms with Crippen molar-refractivity contribution in [2.45, 2.75) is 49.8 Å². The van der Waals surface area contributed by atoms with Crippen molar-refractivity contribution < 1.29 is 17.4 Å². The van der Waals surface area contributed by atoms with E-state index in [9.17, 15) is 8.42 Å². The second-order valence-electron chi connectivity index (χ2n) is 7.71. The Kier molecular flexibility index (Phi) is 7.30. The number of morpholine rings is 1. The van der Waals surface area contributed by atoms with Crippen molar-refractivity contribution in [3.05, 3.63) is 29.3 Å². The maximum absolute atomic E-state index is 12.7. The van der Waals surface area contributed by atoms with Crippen LogP contribution in [0.4, 0.5) is 0 Å². The fourth-order valence-electron chi connectivity index (χ4n) is 4.40. The minimum atomic E-state index is -4.07. The Balaban J connectivity index is 1.97. The molecular weight excluding hydrogens is 378 g/mol. The van der Waals surface area contributed by atoms with E-state index in [0.717, 1.165) is 43.6 Å². The van der Waals surface area contributed by atoms with E-state index < -0.39 is 10.1 Å². The zero-order valence-electron chi connectivity index (χ0n) is 16.4. The first-order valence-electron chi connectivity index (χ1n) is 9.99. The van der Waals surface area contributed by atoms with Gasteiger partial charge in [0.25, 0.3) is 0 Å². The van der Waals surface area contributed by atoms with Crippen LogP contribution in [0.15, 0.2) is 23.1 Å². The van der Waals surface area contributed by atoms with Gasteiger partial charge in [0, 0.05) is 25.6 Å². The lowest BCUT2D eigenvalue weighted by Gasteiger charge is -2.37. The number of nitrogens with one attached hydrogen (secondary N) is 1. The third-order valence-electron chi connectivity index (χ3n) is 5.81. The quantitative estimate of drug-likeness (QED) is 0.422. The van der Waals surface area contributed by atoms with Crippen molar-refractivity contribution in [3.63, 3.8) is 0 Å². The Morgan fingerprint density at radius 1 is 1.29 bits per heavy atom. The molecule has 0 aromatic heterocycles. The number of benzene rings is 1. The van der Waals surface area contributed by atoms with Crippen LogP contribution in [0.3, 0.4) is 0 Å². The Morgan fingerprint density at radius 2 is 2.00 bits per heavy atom. The van der Waals surface area contributed by atoms with Gasteiger partial charge in [0.15, 0.2) is 0 Å². The number of aryl methyl sites for hydroxylation is 1. The van der Waals surface area contributed by atoms with Gasteiger partial charge in [0.05, 0.1) is 18.1 Å². The number of rotatable bonds is 7. The lowest BCUT2D eigenvalue weighted by molar-refractivity contribution is 0.0306. The fourth-order valence-corrected chi connectivity index (χ4v) is 5.37. The fraction of sp³-hybridized carbons (Fsp3) is 0.650. The second-order valence-corrected chi connectivity index (χ2v) is 9.22. The van der Waals surface area contributed by atoms with E-state index in [4.69, 9.17) is 14.3 Å². The van der Waals surface area contributed by atoms with E-state index in [1.807, 2.05) is 18.5 Å². The molecule has 2 fully saturated rings. The van der Waals surface area contributed by atoms with Crippen molar-refractivity contribution >= 4 is 10.1 Å². The normalized spacial score (nSPS) is 20.4. The Labute approximate surface area is 167 Å². The van der Waals surface area contributed by atoms with Gasteiger partial charge in [-0.05, 0) is 37.3 Å². The maximum atomic E-state index is 12.7. The molecule has 0 spiro atoms. The summed E-state index contributed by atoms with van der Waals surface area (Å²) in [5.74, 6) is 0.546. The molecule has 28 heavy (non-hydrogen) atoms. The number of hydrogen-bond donors (Lipinski definition) is 1. The summed E-state index contributed by atoms with van der Waals surface area (Å²) < 4.78 is 35.6. The summed E-state index contributed by atoms with van der Waals surface area (Å²) in [6.45, 7) is 5.94. The molecule has 1 aromatic carbocycles. The maximum Gasteiger partial charge on any atom is 0.318 e. The first-order chi connectivity index (χ1) is 13.5. The zero-order chi connectivity index (χ0) is 20.0. The summed E-state index contributed by atoms with van der Waals surface area (Å²) in [6.07, 6.45) is 7.35. The standard InChI is InChI=1S/C20H29N3O4S/c1-16-7-8-20(28(24,25)27-22-15-21)18(13-16)19(17-5-3-2-4-6-17)14-23-9-11-26-12-10-23/h7-8,13,17,19,22H,2-6,9-12,14H2,1H3. The average Bonchev–Trinajstić information content (AvgIpc) is 2.72. The molecule has 154 valence electrons. The largest absolute Gasteiger partial charge is 0.379 e. The van der Waals surface area contributed by atoms with Crippen molar-refractivity contribution in [2.24, 2.45) is 5.92 Å². The van der Waals surface area contributed by atoms with Gasteiger partial charge in [0.1, 0.15) is 0 Å². The summed E-state index contributed by atoms with van der Waals surface area (Å²) in [5, 5.41) is 8.65. The van der Waals surface area contributed by atoms with Gasteiger partial charge in [-0.1, -0.05) is 37.0 Å². The van der Waals surface area contributed by atoms with Gasteiger partial charge in [-0.15, -0.1) is 4.28 Å². The number of hydrogen-bond acceptors (Lipinski definition) is 7. The molecule has 1 aliphatic carbocycles. The molecule has 8 heteroatoms. The number of nitriles is 1. The van der Waals surface area contributed by atoms with Crippen LogP contribution in [0.25, 0.3) is 0 Å².